The minimum atomic E-state index is -0.499. The molecule has 3 heteroatoms. The molecule has 1 aromatic rings. The summed E-state index contributed by atoms with van der Waals surface area (Å²) in [4.78, 5) is 25.1. The van der Waals surface area contributed by atoms with E-state index in [4.69, 9.17) is 0 Å². The van der Waals surface area contributed by atoms with Gasteiger partial charge in [0.2, 0.25) is 0 Å². The maximum atomic E-state index is 12.0. The summed E-state index contributed by atoms with van der Waals surface area (Å²) < 4.78 is 0. The predicted molar refractivity (Wildman–Crippen MR) is 73.9 cm³/mol. The molecule has 0 spiro atoms. The Bertz CT molecular complexity index is 454. The number of aryl methyl sites for hydroxylation is 1. The van der Waals surface area contributed by atoms with E-state index in [0.29, 0.717) is 12.8 Å². The fourth-order valence-corrected chi connectivity index (χ4v) is 3.25. The van der Waals surface area contributed by atoms with Gasteiger partial charge in [-0.1, -0.05) is 31.5 Å². The first-order valence-electron chi connectivity index (χ1n) is 6.16. The van der Waals surface area contributed by atoms with Gasteiger partial charge in [0, 0.05) is 17.7 Å². The van der Waals surface area contributed by atoms with Gasteiger partial charge in [-0.2, -0.15) is 0 Å². The molecular formula is C15H18O2S. The van der Waals surface area contributed by atoms with Crippen LogP contribution in [0.5, 0.6) is 0 Å². The molecule has 1 fully saturated rings. The summed E-state index contributed by atoms with van der Waals surface area (Å²) in [5.74, 6) is 0.142. The first-order chi connectivity index (χ1) is 8.37. The highest BCUT2D eigenvalue weighted by atomic mass is 32.2. The summed E-state index contributed by atoms with van der Waals surface area (Å²) in [6.07, 6.45) is 1.00. The molecule has 0 N–H and O–H groups in total. The van der Waals surface area contributed by atoms with Gasteiger partial charge in [-0.25, -0.2) is 0 Å². The van der Waals surface area contributed by atoms with Crippen LogP contribution in [-0.2, 0) is 9.59 Å². The van der Waals surface area contributed by atoms with Crippen LogP contribution in [-0.4, -0.2) is 16.8 Å². The second kappa shape index (κ2) is 4.88. The Morgan fingerprint density at radius 3 is 2.06 bits per heavy atom. The normalized spacial score (nSPS) is 20.2. The molecule has 0 unspecified atom stereocenters. The summed E-state index contributed by atoms with van der Waals surface area (Å²) in [6, 6.07) is 7.95. The van der Waals surface area contributed by atoms with E-state index in [-0.39, 0.29) is 17.0 Å². The Kier molecular flexibility index (Phi) is 3.62. The zero-order chi connectivity index (χ0) is 13.3. The zero-order valence-electron chi connectivity index (χ0n) is 11.0. The molecule has 18 heavy (non-hydrogen) atoms. The standard InChI is InChI=1S/C15H18O2S/c1-10-4-6-11(7-5-10)18-14-12(16)8-15(2,3)9-13(14)17/h4-7,14H,8-9H2,1-3H3. The fraction of sp³-hybridized carbons (Fsp3) is 0.467. The number of thioether (sulfide) groups is 1. The molecule has 1 saturated carbocycles. The van der Waals surface area contributed by atoms with Crippen LogP contribution < -0.4 is 0 Å². The predicted octanol–water partition coefficient (Wildman–Crippen LogP) is 3.41. The largest absolute Gasteiger partial charge is 0.298 e. The first kappa shape index (κ1) is 13.3. The van der Waals surface area contributed by atoms with Crippen LogP contribution in [0, 0.1) is 12.3 Å². The lowest BCUT2D eigenvalue weighted by Gasteiger charge is -2.31. The Balaban J connectivity index is 2.12. The Labute approximate surface area is 112 Å². The molecule has 0 amide bonds. The molecular weight excluding hydrogens is 244 g/mol. The average Bonchev–Trinajstić information content (AvgIpc) is 2.24. The van der Waals surface area contributed by atoms with Gasteiger partial charge in [-0.3, -0.25) is 9.59 Å². The monoisotopic (exact) mass is 262 g/mol. The van der Waals surface area contributed by atoms with Gasteiger partial charge in [-0.05, 0) is 24.5 Å². The number of Topliss-reactive ketones (excluding diaryl/α,β-unsaturated/α-hetero) is 2. The Morgan fingerprint density at radius 2 is 1.56 bits per heavy atom. The highest BCUT2D eigenvalue weighted by Crippen LogP contribution is 2.37. The van der Waals surface area contributed by atoms with E-state index >= 15 is 0 Å². The van der Waals surface area contributed by atoms with Gasteiger partial charge >= 0.3 is 0 Å². The van der Waals surface area contributed by atoms with Crippen LogP contribution in [0.3, 0.4) is 0 Å². The van der Waals surface area contributed by atoms with Crippen molar-refractivity contribution in [3.8, 4) is 0 Å². The van der Waals surface area contributed by atoms with Crippen LogP contribution in [0.15, 0.2) is 29.2 Å². The Hall–Kier alpha value is -1.09. The van der Waals surface area contributed by atoms with Crippen molar-refractivity contribution in [1.82, 2.24) is 0 Å². The Morgan fingerprint density at radius 1 is 1.06 bits per heavy atom. The number of benzene rings is 1. The smallest absolute Gasteiger partial charge is 0.154 e. The summed E-state index contributed by atoms with van der Waals surface area (Å²) >= 11 is 1.39. The lowest BCUT2D eigenvalue weighted by molar-refractivity contribution is -0.132. The van der Waals surface area contributed by atoms with E-state index < -0.39 is 5.25 Å². The van der Waals surface area contributed by atoms with Crippen molar-refractivity contribution in [2.24, 2.45) is 5.41 Å². The van der Waals surface area contributed by atoms with Crippen LogP contribution in [0.2, 0.25) is 0 Å². The lowest BCUT2D eigenvalue weighted by atomic mass is 9.76. The molecule has 0 bridgehead atoms. The summed E-state index contributed by atoms with van der Waals surface area (Å²) in [5, 5.41) is -0.499. The molecule has 0 saturated heterocycles. The van der Waals surface area contributed by atoms with E-state index in [1.165, 1.54) is 17.3 Å². The van der Waals surface area contributed by atoms with Gasteiger partial charge in [0.05, 0.1) is 0 Å². The van der Waals surface area contributed by atoms with Crippen LogP contribution in [0.1, 0.15) is 32.3 Å². The third-order valence-electron chi connectivity index (χ3n) is 3.17. The summed E-state index contributed by atoms with van der Waals surface area (Å²) in [6.45, 7) is 5.99. The van der Waals surface area contributed by atoms with E-state index in [2.05, 4.69) is 0 Å². The maximum absolute atomic E-state index is 12.0. The number of carbonyl (C=O) groups excluding carboxylic acids is 2. The quantitative estimate of drug-likeness (QED) is 0.766. The molecule has 1 aliphatic carbocycles. The first-order valence-corrected chi connectivity index (χ1v) is 7.04. The molecule has 0 atom stereocenters. The topological polar surface area (TPSA) is 34.1 Å². The van der Waals surface area contributed by atoms with Crippen molar-refractivity contribution in [3.05, 3.63) is 29.8 Å². The van der Waals surface area contributed by atoms with Crippen LogP contribution in [0.25, 0.3) is 0 Å². The molecule has 1 aliphatic rings. The lowest BCUT2D eigenvalue weighted by Crippen LogP contribution is -2.39. The average molecular weight is 262 g/mol. The van der Waals surface area contributed by atoms with Crippen molar-refractivity contribution in [2.45, 2.75) is 43.8 Å². The van der Waals surface area contributed by atoms with Gasteiger partial charge in [0.15, 0.2) is 11.6 Å². The van der Waals surface area contributed by atoms with Crippen molar-refractivity contribution >= 4 is 23.3 Å². The highest BCUT2D eigenvalue weighted by molar-refractivity contribution is 8.01. The van der Waals surface area contributed by atoms with Gasteiger partial charge < -0.3 is 0 Å². The van der Waals surface area contributed by atoms with Crippen LogP contribution in [0.4, 0.5) is 0 Å². The van der Waals surface area contributed by atoms with Crippen molar-refractivity contribution in [3.63, 3.8) is 0 Å². The third kappa shape index (κ3) is 3.02. The van der Waals surface area contributed by atoms with Gasteiger partial charge in [-0.15, -0.1) is 11.8 Å². The maximum Gasteiger partial charge on any atom is 0.154 e. The van der Waals surface area contributed by atoms with Crippen molar-refractivity contribution < 1.29 is 9.59 Å². The number of hydrogen-bond donors (Lipinski definition) is 0. The minimum Gasteiger partial charge on any atom is -0.298 e. The molecule has 0 radical (unpaired) electrons. The fourth-order valence-electron chi connectivity index (χ4n) is 2.26. The SMILES string of the molecule is Cc1ccc(SC2C(=O)CC(C)(C)CC2=O)cc1. The van der Waals surface area contributed by atoms with Crippen LogP contribution >= 0.6 is 11.8 Å². The second-order valence-electron chi connectivity index (χ2n) is 5.76. The zero-order valence-corrected chi connectivity index (χ0v) is 11.8. The second-order valence-corrected chi connectivity index (χ2v) is 6.94. The van der Waals surface area contributed by atoms with E-state index in [9.17, 15) is 9.59 Å². The molecule has 2 rings (SSSR count). The number of hydrogen-bond acceptors (Lipinski definition) is 3. The summed E-state index contributed by atoms with van der Waals surface area (Å²) in [7, 11) is 0. The van der Waals surface area contributed by atoms with Gasteiger partial charge in [0.1, 0.15) is 5.25 Å². The van der Waals surface area contributed by atoms with E-state index in [0.717, 1.165) is 4.90 Å². The van der Waals surface area contributed by atoms with Crippen molar-refractivity contribution in [2.75, 3.05) is 0 Å². The van der Waals surface area contributed by atoms with Gasteiger partial charge in [0.25, 0.3) is 0 Å². The number of ketones is 2. The third-order valence-corrected chi connectivity index (χ3v) is 4.47. The number of carbonyl (C=O) groups is 2. The van der Waals surface area contributed by atoms with E-state index in [1.807, 2.05) is 45.0 Å². The molecule has 0 aliphatic heterocycles. The van der Waals surface area contributed by atoms with Crippen molar-refractivity contribution in [1.29, 1.82) is 0 Å². The molecule has 0 aromatic heterocycles. The molecule has 1 aromatic carbocycles. The molecule has 2 nitrogen and oxygen atoms in total. The number of rotatable bonds is 2. The summed E-state index contributed by atoms with van der Waals surface area (Å²) in [5.41, 5.74) is 1.01. The minimum absolute atomic E-state index is 0.0711. The molecule has 0 heterocycles. The van der Waals surface area contributed by atoms with E-state index in [1.54, 1.807) is 0 Å². The highest BCUT2D eigenvalue weighted by Gasteiger charge is 2.39. The molecule has 96 valence electrons.